The first kappa shape index (κ1) is 17.2. The summed E-state index contributed by atoms with van der Waals surface area (Å²) in [7, 11) is 0. The number of ether oxygens (including phenoxy) is 1. The van der Waals surface area contributed by atoms with E-state index < -0.39 is 23.8 Å². The fourth-order valence-electron chi connectivity index (χ4n) is 3.71. The van der Waals surface area contributed by atoms with Crippen molar-refractivity contribution in [3.8, 4) is 0 Å². The number of carboxylic acid groups (broad SMARTS) is 1. The number of anilines is 1. The second-order valence-electron chi connectivity index (χ2n) is 6.54. The SMILES string of the molecule is CCCOC(=O)c1ccc(NC(=O)[C@@H]2[C@@H](C(=O)O)[C@H]3C=C[C@@H]2C3)cc1. The number of rotatable bonds is 6. The Hall–Kier alpha value is -2.63. The van der Waals surface area contributed by atoms with Gasteiger partial charge >= 0.3 is 11.9 Å². The molecule has 4 atom stereocenters. The molecule has 0 heterocycles. The molecule has 0 aliphatic heterocycles. The molecule has 132 valence electrons. The molecule has 0 unspecified atom stereocenters. The molecule has 3 rings (SSSR count). The van der Waals surface area contributed by atoms with Crippen molar-refractivity contribution in [1.29, 1.82) is 0 Å². The Morgan fingerprint density at radius 2 is 1.76 bits per heavy atom. The summed E-state index contributed by atoms with van der Waals surface area (Å²) in [4.78, 5) is 35.8. The number of esters is 1. The molecule has 2 aliphatic carbocycles. The van der Waals surface area contributed by atoms with Crippen LogP contribution in [0.1, 0.15) is 30.1 Å². The van der Waals surface area contributed by atoms with Crippen molar-refractivity contribution < 1.29 is 24.2 Å². The maximum Gasteiger partial charge on any atom is 0.338 e. The molecule has 6 nitrogen and oxygen atoms in total. The van der Waals surface area contributed by atoms with Gasteiger partial charge in [-0.15, -0.1) is 0 Å². The normalized spacial score (nSPS) is 26.4. The molecular weight excluding hydrogens is 322 g/mol. The molecule has 1 aromatic carbocycles. The Morgan fingerprint density at radius 1 is 1.12 bits per heavy atom. The molecule has 1 fully saturated rings. The molecule has 25 heavy (non-hydrogen) atoms. The second-order valence-corrected chi connectivity index (χ2v) is 6.54. The first-order chi connectivity index (χ1) is 12.0. The standard InChI is InChI=1S/C19H21NO5/c1-2-9-25-19(24)11-5-7-14(8-6-11)20-17(21)15-12-3-4-13(10-12)16(15)18(22)23/h3-8,12-13,15-16H,2,9-10H2,1H3,(H,20,21)(H,22,23)/t12-,13+,15+,16+/m1/s1. The van der Waals surface area contributed by atoms with Crippen LogP contribution in [0, 0.1) is 23.7 Å². The smallest absolute Gasteiger partial charge is 0.338 e. The van der Waals surface area contributed by atoms with Crippen LogP contribution in [0.25, 0.3) is 0 Å². The number of nitrogens with one attached hydrogen (secondary N) is 1. The van der Waals surface area contributed by atoms with Gasteiger partial charge in [-0.1, -0.05) is 19.1 Å². The maximum atomic E-state index is 12.6. The van der Waals surface area contributed by atoms with E-state index in [1.807, 2.05) is 19.1 Å². The topological polar surface area (TPSA) is 92.7 Å². The van der Waals surface area contributed by atoms with Gasteiger partial charge in [0.15, 0.2) is 0 Å². The highest BCUT2D eigenvalue weighted by Crippen LogP contribution is 2.48. The summed E-state index contributed by atoms with van der Waals surface area (Å²) in [5.74, 6) is -2.91. The summed E-state index contributed by atoms with van der Waals surface area (Å²) >= 11 is 0. The van der Waals surface area contributed by atoms with Crippen LogP contribution >= 0.6 is 0 Å². The lowest BCUT2D eigenvalue weighted by atomic mass is 9.82. The summed E-state index contributed by atoms with van der Waals surface area (Å²) in [6, 6.07) is 6.42. The number of carbonyl (C=O) groups is 3. The molecule has 2 bridgehead atoms. The van der Waals surface area contributed by atoms with Crippen molar-refractivity contribution >= 4 is 23.5 Å². The fourth-order valence-corrected chi connectivity index (χ4v) is 3.71. The van der Waals surface area contributed by atoms with E-state index in [1.165, 1.54) is 0 Å². The van der Waals surface area contributed by atoms with Gasteiger partial charge in [0.05, 0.1) is 24.0 Å². The number of amides is 1. The van der Waals surface area contributed by atoms with Gasteiger partial charge in [0.1, 0.15) is 0 Å². The van der Waals surface area contributed by atoms with Gasteiger partial charge in [-0.05, 0) is 48.9 Å². The van der Waals surface area contributed by atoms with E-state index in [9.17, 15) is 19.5 Å². The minimum Gasteiger partial charge on any atom is -0.481 e. The van der Waals surface area contributed by atoms with Crippen LogP contribution in [0.2, 0.25) is 0 Å². The molecule has 0 radical (unpaired) electrons. The van der Waals surface area contributed by atoms with Crippen LogP contribution in [0.15, 0.2) is 36.4 Å². The molecule has 0 saturated heterocycles. The van der Waals surface area contributed by atoms with Crippen molar-refractivity contribution in [2.75, 3.05) is 11.9 Å². The molecule has 2 N–H and O–H groups in total. The lowest BCUT2D eigenvalue weighted by Gasteiger charge is -2.23. The third kappa shape index (κ3) is 3.43. The Bertz CT molecular complexity index is 709. The van der Waals surface area contributed by atoms with E-state index in [0.29, 0.717) is 17.9 Å². The molecule has 0 spiro atoms. The van der Waals surface area contributed by atoms with Gasteiger partial charge < -0.3 is 15.2 Å². The third-order valence-electron chi connectivity index (χ3n) is 4.87. The molecular formula is C19H21NO5. The van der Waals surface area contributed by atoms with Crippen molar-refractivity contribution in [3.63, 3.8) is 0 Å². The van der Waals surface area contributed by atoms with E-state index in [4.69, 9.17) is 4.74 Å². The van der Waals surface area contributed by atoms with Crippen molar-refractivity contribution in [2.24, 2.45) is 23.7 Å². The molecule has 1 amide bonds. The molecule has 1 aromatic rings. The number of benzene rings is 1. The summed E-state index contributed by atoms with van der Waals surface area (Å²) in [6.45, 7) is 2.28. The van der Waals surface area contributed by atoms with Gasteiger partial charge in [-0.3, -0.25) is 9.59 Å². The average molecular weight is 343 g/mol. The number of hydrogen-bond donors (Lipinski definition) is 2. The Morgan fingerprint density at radius 3 is 2.36 bits per heavy atom. The predicted octanol–water partition coefficient (Wildman–Crippen LogP) is 2.71. The number of hydrogen-bond acceptors (Lipinski definition) is 4. The minimum atomic E-state index is -0.925. The molecule has 0 aromatic heterocycles. The van der Waals surface area contributed by atoms with Crippen molar-refractivity contribution in [1.82, 2.24) is 0 Å². The predicted molar refractivity (Wildman–Crippen MR) is 91.0 cm³/mol. The highest BCUT2D eigenvalue weighted by atomic mass is 16.5. The third-order valence-corrected chi connectivity index (χ3v) is 4.87. The number of fused-ring (bicyclic) bond motifs is 2. The lowest BCUT2D eigenvalue weighted by molar-refractivity contribution is -0.146. The van der Waals surface area contributed by atoms with Crippen LogP contribution in [-0.2, 0) is 14.3 Å². The van der Waals surface area contributed by atoms with E-state index in [-0.39, 0.29) is 17.7 Å². The second kappa shape index (κ2) is 7.09. The highest BCUT2D eigenvalue weighted by molar-refractivity contribution is 5.97. The molecule has 1 saturated carbocycles. The largest absolute Gasteiger partial charge is 0.481 e. The van der Waals surface area contributed by atoms with E-state index >= 15 is 0 Å². The molecule has 6 heteroatoms. The number of aliphatic carboxylic acids is 1. The number of carbonyl (C=O) groups excluding carboxylic acids is 2. The maximum absolute atomic E-state index is 12.6. The van der Waals surface area contributed by atoms with Crippen molar-refractivity contribution in [2.45, 2.75) is 19.8 Å². The quantitative estimate of drug-likeness (QED) is 0.612. The van der Waals surface area contributed by atoms with E-state index in [2.05, 4.69) is 5.32 Å². The summed E-state index contributed by atoms with van der Waals surface area (Å²) in [5.41, 5.74) is 0.950. The number of allylic oxidation sites excluding steroid dienone is 2. The zero-order valence-corrected chi connectivity index (χ0v) is 14.0. The Kier molecular flexibility index (Phi) is 4.88. The monoisotopic (exact) mass is 343 g/mol. The van der Waals surface area contributed by atoms with E-state index in [0.717, 1.165) is 12.8 Å². The first-order valence-corrected chi connectivity index (χ1v) is 8.50. The highest BCUT2D eigenvalue weighted by Gasteiger charge is 2.51. The first-order valence-electron chi connectivity index (χ1n) is 8.50. The van der Waals surface area contributed by atoms with Gasteiger partial charge in [0, 0.05) is 5.69 Å². The van der Waals surface area contributed by atoms with Crippen LogP contribution in [0.5, 0.6) is 0 Å². The summed E-state index contributed by atoms with van der Waals surface area (Å²) in [5, 5.41) is 12.2. The van der Waals surface area contributed by atoms with Crippen LogP contribution in [0.3, 0.4) is 0 Å². The lowest BCUT2D eigenvalue weighted by Crippen LogP contribution is -2.36. The Labute approximate surface area is 145 Å². The van der Waals surface area contributed by atoms with Gasteiger partial charge in [0.25, 0.3) is 0 Å². The fraction of sp³-hybridized carbons (Fsp3) is 0.421. The average Bonchev–Trinajstić information content (AvgIpc) is 3.21. The van der Waals surface area contributed by atoms with Crippen LogP contribution in [0.4, 0.5) is 5.69 Å². The minimum absolute atomic E-state index is 0.0191. The van der Waals surface area contributed by atoms with E-state index in [1.54, 1.807) is 24.3 Å². The van der Waals surface area contributed by atoms with Crippen molar-refractivity contribution in [3.05, 3.63) is 42.0 Å². The van der Waals surface area contributed by atoms with Gasteiger partial charge in [-0.2, -0.15) is 0 Å². The zero-order chi connectivity index (χ0) is 18.0. The number of carboxylic acids is 1. The van der Waals surface area contributed by atoms with Gasteiger partial charge in [-0.25, -0.2) is 4.79 Å². The summed E-state index contributed by atoms with van der Waals surface area (Å²) < 4.78 is 5.05. The van der Waals surface area contributed by atoms with Crippen LogP contribution in [-0.4, -0.2) is 29.6 Å². The van der Waals surface area contributed by atoms with Crippen LogP contribution < -0.4 is 5.32 Å². The summed E-state index contributed by atoms with van der Waals surface area (Å²) in [6.07, 6.45) is 5.32. The van der Waals surface area contributed by atoms with Gasteiger partial charge in [0.2, 0.25) is 5.91 Å². The zero-order valence-electron chi connectivity index (χ0n) is 14.0. The Balaban J connectivity index is 1.66. The molecule has 2 aliphatic rings.